The number of hydrogen-bond donors (Lipinski definition) is 0. The number of Topliss-reactive ketones (excluding diaryl/α,β-unsaturated/α-hetero) is 1. The molecule has 0 unspecified atom stereocenters. The molecule has 18 heavy (non-hydrogen) atoms. The number of rotatable bonds is 5. The molecule has 0 atom stereocenters. The number of benzene rings is 1. The van der Waals surface area contributed by atoms with E-state index in [0.717, 1.165) is 23.5 Å². The molecule has 0 amide bonds. The zero-order valence-electron chi connectivity index (χ0n) is 10.8. The molecule has 0 aliphatic rings. The second kappa shape index (κ2) is 5.91. The van der Waals surface area contributed by atoms with E-state index in [2.05, 4.69) is 29.4 Å². The molecule has 0 aliphatic carbocycles. The summed E-state index contributed by atoms with van der Waals surface area (Å²) in [5, 5.41) is 3.22. The summed E-state index contributed by atoms with van der Waals surface area (Å²) in [6.07, 6.45) is 2.45. The topological polar surface area (TPSA) is 30.0 Å². The van der Waals surface area contributed by atoms with Gasteiger partial charge in [0.2, 0.25) is 0 Å². The van der Waals surface area contributed by atoms with Crippen LogP contribution in [0.4, 0.5) is 0 Å². The van der Waals surface area contributed by atoms with Crippen molar-refractivity contribution in [2.45, 2.75) is 33.1 Å². The van der Waals surface area contributed by atoms with Crippen LogP contribution in [0.1, 0.15) is 30.3 Å². The minimum absolute atomic E-state index is 0.255. The van der Waals surface area contributed by atoms with Gasteiger partial charge in [-0.3, -0.25) is 0 Å². The van der Waals surface area contributed by atoms with Crippen LogP contribution in [0, 0.1) is 6.92 Å². The molecular formula is C15H17NOS. The second-order valence-electron chi connectivity index (χ2n) is 4.50. The van der Waals surface area contributed by atoms with Crippen molar-refractivity contribution in [1.82, 2.24) is 4.98 Å². The molecule has 0 radical (unpaired) electrons. The molecule has 2 aromatic rings. The van der Waals surface area contributed by atoms with Gasteiger partial charge in [0.25, 0.3) is 0 Å². The average molecular weight is 259 g/mol. The number of nitrogens with zero attached hydrogens (tertiary/aromatic N) is 1. The number of aromatic nitrogens is 1. The highest BCUT2D eigenvalue weighted by Gasteiger charge is 2.06. The van der Waals surface area contributed by atoms with Gasteiger partial charge in [0.15, 0.2) is 0 Å². The number of carbonyl (C=O) groups is 1. The highest BCUT2D eigenvalue weighted by atomic mass is 32.1. The average Bonchev–Trinajstić information content (AvgIpc) is 2.78. The molecule has 0 saturated carbocycles. The largest absolute Gasteiger partial charge is 0.300 e. The first-order chi connectivity index (χ1) is 8.66. The Hall–Kier alpha value is -1.48. The number of carbonyl (C=O) groups excluding carboxylic acids is 1. The minimum Gasteiger partial charge on any atom is -0.300 e. The SMILES string of the molecule is CC(=O)CCCc1nc(-c2ccccc2C)cs1. The van der Waals surface area contributed by atoms with Gasteiger partial charge in [-0.2, -0.15) is 0 Å². The maximum Gasteiger partial charge on any atom is 0.129 e. The Morgan fingerprint density at radius 2 is 2.11 bits per heavy atom. The van der Waals surface area contributed by atoms with Crippen LogP contribution in [-0.4, -0.2) is 10.8 Å². The Kier molecular flexibility index (Phi) is 4.26. The lowest BCUT2D eigenvalue weighted by Crippen LogP contribution is -1.92. The fourth-order valence-electron chi connectivity index (χ4n) is 1.90. The van der Waals surface area contributed by atoms with Gasteiger partial charge in [-0.25, -0.2) is 4.98 Å². The third-order valence-electron chi connectivity index (χ3n) is 2.89. The van der Waals surface area contributed by atoms with Crippen LogP contribution < -0.4 is 0 Å². The molecule has 2 nitrogen and oxygen atoms in total. The summed E-state index contributed by atoms with van der Waals surface area (Å²) in [5.74, 6) is 0.255. The van der Waals surface area contributed by atoms with Crippen molar-refractivity contribution >= 4 is 17.1 Å². The van der Waals surface area contributed by atoms with Gasteiger partial charge in [-0.05, 0) is 32.3 Å². The third kappa shape index (κ3) is 3.26. The lowest BCUT2D eigenvalue weighted by Gasteiger charge is -2.00. The van der Waals surface area contributed by atoms with E-state index < -0.39 is 0 Å². The Bertz CT molecular complexity index is 545. The molecule has 1 aromatic heterocycles. The molecule has 0 bridgehead atoms. The van der Waals surface area contributed by atoms with E-state index in [0.29, 0.717) is 6.42 Å². The maximum atomic E-state index is 10.9. The van der Waals surface area contributed by atoms with E-state index in [1.54, 1.807) is 18.3 Å². The normalized spacial score (nSPS) is 10.6. The van der Waals surface area contributed by atoms with Crippen LogP contribution in [0.3, 0.4) is 0 Å². The maximum absolute atomic E-state index is 10.9. The Morgan fingerprint density at radius 1 is 1.33 bits per heavy atom. The van der Waals surface area contributed by atoms with Crippen molar-refractivity contribution in [1.29, 1.82) is 0 Å². The lowest BCUT2D eigenvalue weighted by atomic mass is 10.1. The number of thiazole rings is 1. The third-order valence-corrected chi connectivity index (χ3v) is 3.80. The van der Waals surface area contributed by atoms with E-state index in [-0.39, 0.29) is 5.78 Å². The molecule has 94 valence electrons. The summed E-state index contributed by atoms with van der Waals surface area (Å²) in [6.45, 7) is 3.74. The van der Waals surface area contributed by atoms with E-state index in [1.807, 2.05) is 12.1 Å². The van der Waals surface area contributed by atoms with Crippen LogP contribution in [-0.2, 0) is 11.2 Å². The van der Waals surface area contributed by atoms with Gasteiger partial charge >= 0.3 is 0 Å². The van der Waals surface area contributed by atoms with Gasteiger partial charge in [0.1, 0.15) is 5.78 Å². The Balaban J connectivity index is 2.06. The van der Waals surface area contributed by atoms with Crippen molar-refractivity contribution in [3.8, 4) is 11.3 Å². The predicted molar refractivity (Wildman–Crippen MR) is 75.9 cm³/mol. The molecule has 2 rings (SSSR count). The summed E-state index contributed by atoms with van der Waals surface area (Å²) in [5.41, 5.74) is 3.50. The van der Waals surface area contributed by atoms with Crippen LogP contribution in [0.25, 0.3) is 11.3 Å². The first kappa shape index (κ1) is 13.0. The minimum atomic E-state index is 0.255. The smallest absolute Gasteiger partial charge is 0.129 e. The molecule has 1 heterocycles. The first-order valence-corrected chi connectivity index (χ1v) is 7.04. The van der Waals surface area contributed by atoms with E-state index in [9.17, 15) is 4.79 Å². The number of ketones is 1. The zero-order valence-corrected chi connectivity index (χ0v) is 11.6. The van der Waals surface area contributed by atoms with Crippen molar-refractivity contribution in [2.24, 2.45) is 0 Å². The Morgan fingerprint density at radius 3 is 2.83 bits per heavy atom. The van der Waals surface area contributed by atoms with Gasteiger partial charge in [0.05, 0.1) is 10.7 Å². The summed E-state index contributed by atoms with van der Waals surface area (Å²) < 4.78 is 0. The standard InChI is InChI=1S/C15H17NOS/c1-11-6-3-4-8-13(11)14-10-18-15(16-14)9-5-7-12(2)17/h3-4,6,8,10H,5,7,9H2,1-2H3. The van der Waals surface area contributed by atoms with E-state index >= 15 is 0 Å². The molecule has 1 aromatic carbocycles. The van der Waals surface area contributed by atoms with Crippen LogP contribution in [0.2, 0.25) is 0 Å². The highest BCUT2D eigenvalue weighted by Crippen LogP contribution is 2.25. The Labute approximate surface area is 112 Å². The summed E-state index contributed by atoms with van der Waals surface area (Å²) in [4.78, 5) is 15.5. The van der Waals surface area contributed by atoms with Crippen molar-refractivity contribution in [3.63, 3.8) is 0 Å². The quantitative estimate of drug-likeness (QED) is 0.811. The molecule has 0 spiro atoms. The molecule has 0 aliphatic heterocycles. The van der Waals surface area contributed by atoms with Crippen LogP contribution in [0.5, 0.6) is 0 Å². The van der Waals surface area contributed by atoms with Gasteiger partial charge in [0, 0.05) is 17.4 Å². The van der Waals surface area contributed by atoms with Gasteiger partial charge < -0.3 is 4.79 Å². The zero-order chi connectivity index (χ0) is 13.0. The summed E-state index contributed by atoms with van der Waals surface area (Å²) in [6, 6.07) is 8.28. The molecule has 3 heteroatoms. The molecule has 0 N–H and O–H groups in total. The van der Waals surface area contributed by atoms with E-state index in [4.69, 9.17) is 0 Å². The second-order valence-corrected chi connectivity index (χ2v) is 5.44. The van der Waals surface area contributed by atoms with Crippen molar-refractivity contribution in [2.75, 3.05) is 0 Å². The summed E-state index contributed by atoms with van der Waals surface area (Å²) in [7, 11) is 0. The molecular weight excluding hydrogens is 242 g/mol. The van der Waals surface area contributed by atoms with Crippen LogP contribution >= 0.6 is 11.3 Å². The first-order valence-electron chi connectivity index (χ1n) is 6.16. The molecule has 0 saturated heterocycles. The highest BCUT2D eigenvalue weighted by molar-refractivity contribution is 7.09. The number of aryl methyl sites for hydroxylation is 2. The van der Waals surface area contributed by atoms with Crippen LogP contribution in [0.15, 0.2) is 29.6 Å². The fraction of sp³-hybridized carbons (Fsp3) is 0.333. The number of hydrogen-bond acceptors (Lipinski definition) is 3. The predicted octanol–water partition coefficient (Wildman–Crippen LogP) is 4.03. The van der Waals surface area contributed by atoms with Crippen molar-refractivity contribution in [3.05, 3.63) is 40.2 Å². The monoisotopic (exact) mass is 259 g/mol. The van der Waals surface area contributed by atoms with Crippen molar-refractivity contribution < 1.29 is 4.79 Å². The fourth-order valence-corrected chi connectivity index (χ4v) is 2.74. The lowest BCUT2D eigenvalue weighted by molar-refractivity contribution is -0.117. The summed E-state index contributed by atoms with van der Waals surface area (Å²) >= 11 is 1.68. The van der Waals surface area contributed by atoms with E-state index in [1.165, 1.54) is 11.1 Å². The van der Waals surface area contributed by atoms with Gasteiger partial charge in [-0.1, -0.05) is 24.3 Å². The van der Waals surface area contributed by atoms with Gasteiger partial charge in [-0.15, -0.1) is 11.3 Å². The molecule has 0 fully saturated rings.